The van der Waals surface area contributed by atoms with Crippen LogP contribution in [-0.4, -0.2) is 24.5 Å². The van der Waals surface area contributed by atoms with E-state index in [4.69, 9.17) is 27.9 Å². The molecular formula is C10H8Cl2N2O2S2. The van der Waals surface area contributed by atoms with E-state index < -0.39 is 0 Å². The Kier molecular flexibility index (Phi) is 4.45. The highest BCUT2D eigenvalue weighted by molar-refractivity contribution is 7.18. The second-order valence-electron chi connectivity index (χ2n) is 3.24. The Morgan fingerprint density at radius 3 is 2.89 bits per heavy atom. The van der Waals surface area contributed by atoms with Gasteiger partial charge in [-0.2, -0.15) is 4.98 Å². The molecule has 1 amide bonds. The summed E-state index contributed by atoms with van der Waals surface area (Å²) in [7, 11) is 1.69. The number of ether oxygens (including phenoxy) is 1. The van der Waals surface area contributed by atoms with Gasteiger partial charge in [0.1, 0.15) is 4.34 Å². The van der Waals surface area contributed by atoms with Gasteiger partial charge in [0, 0.05) is 7.05 Å². The smallest absolute Gasteiger partial charge is 0.276 e. The number of likely N-dealkylation sites (N-methyl/N-ethyl adjacent to an activating group) is 1. The van der Waals surface area contributed by atoms with Crippen molar-refractivity contribution in [2.24, 2.45) is 0 Å². The summed E-state index contributed by atoms with van der Waals surface area (Å²) in [6.07, 6.45) is 0. The number of aromatic nitrogens is 1. The molecule has 0 aliphatic carbocycles. The van der Waals surface area contributed by atoms with Gasteiger partial charge in [-0.15, -0.1) is 11.3 Å². The Balaban J connectivity index is 1.92. The Morgan fingerprint density at radius 1 is 1.56 bits per heavy atom. The first-order valence-corrected chi connectivity index (χ1v) is 7.28. The number of amides is 1. The van der Waals surface area contributed by atoms with E-state index in [0.717, 1.165) is 16.3 Å². The van der Waals surface area contributed by atoms with Crippen molar-refractivity contribution in [1.29, 1.82) is 0 Å². The summed E-state index contributed by atoms with van der Waals surface area (Å²) in [6, 6.07) is 3.74. The van der Waals surface area contributed by atoms with Crippen molar-refractivity contribution in [3.63, 3.8) is 0 Å². The summed E-state index contributed by atoms with van der Waals surface area (Å²) >= 11 is 14.0. The van der Waals surface area contributed by atoms with E-state index >= 15 is 0 Å². The Morgan fingerprint density at radius 2 is 2.33 bits per heavy atom. The Hall–Kier alpha value is -0.820. The molecule has 0 aromatic carbocycles. The van der Waals surface area contributed by atoms with Gasteiger partial charge in [0.15, 0.2) is 11.8 Å². The summed E-state index contributed by atoms with van der Waals surface area (Å²) in [5.74, 6) is -0.167. The van der Waals surface area contributed by atoms with E-state index in [9.17, 15) is 4.79 Å². The summed E-state index contributed by atoms with van der Waals surface area (Å²) in [4.78, 5) is 17.2. The fraction of sp³-hybridized carbons (Fsp3) is 0.200. The van der Waals surface area contributed by atoms with Gasteiger partial charge in [-0.25, -0.2) is 0 Å². The molecule has 96 valence electrons. The van der Waals surface area contributed by atoms with Crippen molar-refractivity contribution in [2.45, 2.75) is 0 Å². The normalized spacial score (nSPS) is 10.4. The molecule has 2 aromatic heterocycles. The van der Waals surface area contributed by atoms with E-state index in [1.54, 1.807) is 7.05 Å². The average Bonchev–Trinajstić information content (AvgIpc) is 2.96. The number of carbonyl (C=O) groups is 1. The van der Waals surface area contributed by atoms with Crippen molar-refractivity contribution in [3.05, 3.63) is 27.0 Å². The van der Waals surface area contributed by atoms with Crippen LogP contribution in [0.5, 0.6) is 5.19 Å². The number of hydrogen-bond donors (Lipinski definition) is 0. The van der Waals surface area contributed by atoms with Gasteiger partial charge in [-0.05, 0) is 17.5 Å². The number of carbonyl (C=O) groups excluding carboxylic acids is 1. The third-order valence-corrected chi connectivity index (χ3v) is 4.65. The first-order valence-electron chi connectivity index (χ1n) is 4.82. The molecule has 0 saturated carbocycles. The molecule has 0 radical (unpaired) electrons. The fourth-order valence-corrected chi connectivity index (χ4v) is 2.87. The molecule has 0 aliphatic rings. The van der Waals surface area contributed by atoms with Crippen molar-refractivity contribution >= 4 is 56.8 Å². The van der Waals surface area contributed by atoms with Crippen LogP contribution < -0.4 is 9.64 Å². The second kappa shape index (κ2) is 5.88. The lowest BCUT2D eigenvalue weighted by Gasteiger charge is -2.14. The largest absolute Gasteiger partial charge is 0.460 e. The molecule has 0 saturated heterocycles. The fourth-order valence-electron chi connectivity index (χ4n) is 1.13. The summed E-state index contributed by atoms with van der Waals surface area (Å²) in [5, 5.41) is 3.24. The van der Waals surface area contributed by atoms with Crippen molar-refractivity contribution in [2.75, 3.05) is 18.6 Å². The van der Waals surface area contributed by atoms with Crippen LogP contribution in [0.1, 0.15) is 0 Å². The molecule has 0 bridgehead atoms. The van der Waals surface area contributed by atoms with Crippen LogP contribution in [0, 0.1) is 0 Å². The van der Waals surface area contributed by atoms with E-state index in [2.05, 4.69) is 4.98 Å². The number of anilines is 1. The minimum Gasteiger partial charge on any atom is -0.460 e. The molecule has 8 heteroatoms. The van der Waals surface area contributed by atoms with E-state index in [1.165, 1.54) is 16.2 Å². The van der Waals surface area contributed by atoms with Crippen molar-refractivity contribution < 1.29 is 9.53 Å². The number of nitrogens with zero attached hydrogens (tertiary/aromatic N) is 2. The van der Waals surface area contributed by atoms with Gasteiger partial charge in [0.2, 0.25) is 0 Å². The highest BCUT2D eigenvalue weighted by Crippen LogP contribution is 2.32. The maximum absolute atomic E-state index is 11.8. The summed E-state index contributed by atoms with van der Waals surface area (Å²) in [6.45, 7) is -0.103. The highest BCUT2D eigenvalue weighted by Gasteiger charge is 2.14. The van der Waals surface area contributed by atoms with Crippen LogP contribution in [-0.2, 0) is 4.79 Å². The first kappa shape index (κ1) is 13.6. The monoisotopic (exact) mass is 322 g/mol. The third kappa shape index (κ3) is 3.14. The maximum atomic E-state index is 11.8. The van der Waals surface area contributed by atoms with Crippen LogP contribution in [0.25, 0.3) is 0 Å². The zero-order valence-electron chi connectivity index (χ0n) is 9.22. The minimum absolute atomic E-state index is 0.103. The van der Waals surface area contributed by atoms with Crippen molar-refractivity contribution in [3.8, 4) is 5.19 Å². The third-order valence-electron chi connectivity index (χ3n) is 2.06. The second-order valence-corrected chi connectivity index (χ2v) is 6.08. The quantitative estimate of drug-likeness (QED) is 0.864. The van der Waals surface area contributed by atoms with Gasteiger partial charge in [0.25, 0.3) is 11.1 Å². The summed E-state index contributed by atoms with van der Waals surface area (Å²) in [5.41, 5.74) is 0. The molecule has 0 atom stereocenters. The molecule has 0 unspecified atom stereocenters. The van der Waals surface area contributed by atoms with Crippen LogP contribution in [0.4, 0.5) is 5.00 Å². The summed E-state index contributed by atoms with van der Waals surface area (Å²) < 4.78 is 5.59. The molecule has 0 fully saturated rings. The predicted molar refractivity (Wildman–Crippen MR) is 75.4 cm³/mol. The molecule has 2 aromatic rings. The zero-order valence-corrected chi connectivity index (χ0v) is 12.4. The topological polar surface area (TPSA) is 42.4 Å². The van der Waals surface area contributed by atoms with E-state index in [1.807, 2.05) is 17.5 Å². The van der Waals surface area contributed by atoms with Gasteiger partial charge < -0.3 is 9.64 Å². The molecule has 2 rings (SSSR count). The molecule has 4 nitrogen and oxygen atoms in total. The van der Waals surface area contributed by atoms with Crippen LogP contribution in [0.15, 0.2) is 17.5 Å². The number of hydrogen-bond acceptors (Lipinski definition) is 5. The SMILES string of the molecule is CN(C(=O)COc1nc(Cl)c(Cl)s1)c1cccs1. The average molecular weight is 323 g/mol. The maximum Gasteiger partial charge on any atom is 0.276 e. The van der Waals surface area contributed by atoms with Crippen LogP contribution in [0.2, 0.25) is 9.49 Å². The lowest BCUT2D eigenvalue weighted by atomic mass is 10.5. The lowest BCUT2D eigenvalue weighted by Crippen LogP contribution is -2.30. The number of thiophene rings is 1. The molecule has 0 aliphatic heterocycles. The number of rotatable bonds is 4. The first-order chi connectivity index (χ1) is 8.58. The molecule has 18 heavy (non-hydrogen) atoms. The predicted octanol–water partition coefficient (Wildman–Crippen LogP) is 3.55. The Bertz CT molecular complexity index is 523. The molecule has 0 spiro atoms. The molecule has 2 heterocycles. The molecule has 0 N–H and O–H groups in total. The Labute approximate surface area is 122 Å². The van der Waals surface area contributed by atoms with Crippen LogP contribution in [0.3, 0.4) is 0 Å². The number of thiazole rings is 1. The zero-order chi connectivity index (χ0) is 13.1. The van der Waals surface area contributed by atoms with Crippen LogP contribution >= 0.6 is 45.9 Å². The molecular weight excluding hydrogens is 315 g/mol. The minimum atomic E-state index is -0.167. The van der Waals surface area contributed by atoms with Gasteiger partial charge in [-0.3, -0.25) is 4.79 Å². The number of halogens is 2. The van der Waals surface area contributed by atoms with E-state index in [-0.39, 0.29) is 22.9 Å². The standard InChI is InChI=1S/C10H8Cl2N2O2S2/c1-14(7-3-2-4-17-7)6(15)5-16-10-13-8(11)9(12)18-10/h2-4H,5H2,1H3. The van der Waals surface area contributed by atoms with Gasteiger partial charge >= 0.3 is 0 Å². The van der Waals surface area contributed by atoms with Gasteiger partial charge in [0.05, 0.1) is 5.00 Å². The van der Waals surface area contributed by atoms with Gasteiger partial charge in [-0.1, -0.05) is 34.5 Å². The lowest BCUT2D eigenvalue weighted by molar-refractivity contribution is -0.120. The van der Waals surface area contributed by atoms with Crippen molar-refractivity contribution in [1.82, 2.24) is 4.98 Å². The van der Waals surface area contributed by atoms with E-state index in [0.29, 0.717) is 4.34 Å². The highest BCUT2D eigenvalue weighted by atomic mass is 35.5.